The molecule has 0 amide bonds. The Morgan fingerprint density at radius 3 is 2.71 bits per heavy atom. The van der Waals surface area contributed by atoms with Crippen LogP contribution in [-0.2, 0) is 16.0 Å². The predicted molar refractivity (Wildman–Crippen MR) is 56.4 cm³/mol. The number of ether oxygens (including phenoxy) is 2. The molecule has 0 aromatic carbocycles. The minimum atomic E-state index is -0.184. The highest BCUT2D eigenvalue weighted by atomic mass is 32.1. The zero-order valence-electron chi connectivity index (χ0n) is 8.74. The molecule has 0 aliphatic heterocycles. The van der Waals surface area contributed by atoms with Crippen LogP contribution in [0.15, 0.2) is 6.20 Å². The summed E-state index contributed by atoms with van der Waals surface area (Å²) in [6.45, 7) is 3.49. The Kier molecular flexibility index (Phi) is 5.03. The molecular weight excluding hydrogens is 200 g/mol. The third-order valence-electron chi connectivity index (χ3n) is 1.78. The lowest BCUT2D eigenvalue weighted by molar-refractivity contribution is -0.0989. The highest BCUT2D eigenvalue weighted by Gasteiger charge is 2.04. The molecule has 1 N–H and O–H groups in total. The standard InChI is InChI=1S/C9H16N2O2S/c1-7-4-11-8(14-7)5-10-6-9(12-2)13-3/h4,9-10H,5-6H2,1-3H3. The molecule has 80 valence electrons. The van der Waals surface area contributed by atoms with Crippen molar-refractivity contribution in [1.29, 1.82) is 0 Å². The highest BCUT2D eigenvalue weighted by molar-refractivity contribution is 7.11. The van der Waals surface area contributed by atoms with Gasteiger partial charge in [-0.15, -0.1) is 11.3 Å². The van der Waals surface area contributed by atoms with Gasteiger partial charge in [-0.2, -0.15) is 0 Å². The Balaban J connectivity index is 2.21. The average molecular weight is 216 g/mol. The number of thiazole rings is 1. The second-order valence-corrected chi connectivity index (χ2v) is 4.22. The molecule has 1 aromatic heterocycles. The van der Waals surface area contributed by atoms with Crippen molar-refractivity contribution in [3.05, 3.63) is 16.1 Å². The van der Waals surface area contributed by atoms with Crippen LogP contribution in [0.2, 0.25) is 0 Å². The fraction of sp³-hybridized carbons (Fsp3) is 0.667. The lowest BCUT2D eigenvalue weighted by Gasteiger charge is -2.13. The number of aromatic nitrogens is 1. The first kappa shape index (κ1) is 11.6. The topological polar surface area (TPSA) is 43.4 Å². The van der Waals surface area contributed by atoms with E-state index in [1.54, 1.807) is 25.6 Å². The van der Waals surface area contributed by atoms with Gasteiger partial charge < -0.3 is 14.8 Å². The van der Waals surface area contributed by atoms with Gasteiger partial charge in [0.25, 0.3) is 0 Å². The van der Waals surface area contributed by atoms with Crippen LogP contribution < -0.4 is 5.32 Å². The van der Waals surface area contributed by atoms with E-state index in [9.17, 15) is 0 Å². The normalized spacial score (nSPS) is 11.1. The lowest BCUT2D eigenvalue weighted by atomic mass is 10.5. The van der Waals surface area contributed by atoms with Crippen LogP contribution in [-0.4, -0.2) is 32.0 Å². The van der Waals surface area contributed by atoms with Crippen molar-refractivity contribution in [3.63, 3.8) is 0 Å². The van der Waals surface area contributed by atoms with E-state index < -0.39 is 0 Å². The molecule has 0 saturated carbocycles. The van der Waals surface area contributed by atoms with Crippen molar-refractivity contribution in [2.24, 2.45) is 0 Å². The number of hydrogen-bond acceptors (Lipinski definition) is 5. The molecular formula is C9H16N2O2S. The number of aryl methyl sites for hydroxylation is 1. The third kappa shape index (κ3) is 3.71. The molecule has 0 bridgehead atoms. The molecule has 1 heterocycles. The Morgan fingerprint density at radius 1 is 1.50 bits per heavy atom. The van der Waals surface area contributed by atoms with Gasteiger partial charge in [0.05, 0.1) is 0 Å². The monoisotopic (exact) mass is 216 g/mol. The van der Waals surface area contributed by atoms with Gasteiger partial charge in [-0.1, -0.05) is 0 Å². The van der Waals surface area contributed by atoms with Crippen LogP contribution in [0.3, 0.4) is 0 Å². The summed E-state index contributed by atoms with van der Waals surface area (Å²) >= 11 is 1.70. The van der Waals surface area contributed by atoms with Crippen molar-refractivity contribution in [3.8, 4) is 0 Å². The maximum Gasteiger partial charge on any atom is 0.169 e. The summed E-state index contributed by atoms with van der Waals surface area (Å²) in [6, 6.07) is 0. The molecule has 14 heavy (non-hydrogen) atoms. The maximum atomic E-state index is 5.04. The second kappa shape index (κ2) is 6.08. The lowest BCUT2D eigenvalue weighted by Crippen LogP contribution is -2.29. The molecule has 0 fully saturated rings. The summed E-state index contributed by atoms with van der Waals surface area (Å²) in [7, 11) is 3.26. The Hall–Kier alpha value is -0.490. The van der Waals surface area contributed by atoms with E-state index in [0.717, 1.165) is 11.6 Å². The zero-order chi connectivity index (χ0) is 10.4. The maximum absolute atomic E-state index is 5.04. The molecule has 0 unspecified atom stereocenters. The van der Waals surface area contributed by atoms with Crippen LogP contribution in [0.1, 0.15) is 9.88 Å². The summed E-state index contributed by atoms with van der Waals surface area (Å²) in [5, 5.41) is 4.31. The van der Waals surface area contributed by atoms with E-state index in [-0.39, 0.29) is 6.29 Å². The van der Waals surface area contributed by atoms with E-state index in [4.69, 9.17) is 9.47 Å². The summed E-state index contributed by atoms with van der Waals surface area (Å²) in [5.41, 5.74) is 0. The zero-order valence-corrected chi connectivity index (χ0v) is 9.56. The first-order valence-electron chi connectivity index (χ1n) is 4.44. The SMILES string of the molecule is COC(CNCc1ncc(C)s1)OC. The molecule has 0 atom stereocenters. The van der Waals surface area contributed by atoms with Crippen LogP contribution in [0.4, 0.5) is 0 Å². The second-order valence-electron chi connectivity index (χ2n) is 2.90. The molecule has 1 rings (SSSR count). The van der Waals surface area contributed by atoms with Gasteiger partial charge in [0.15, 0.2) is 6.29 Å². The van der Waals surface area contributed by atoms with E-state index in [2.05, 4.69) is 10.3 Å². The van der Waals surface area contributed by atoms with Crippen molar-refractivity contribution in [2.75, 3.05) is 20.8 Å². The molecule has 0 aliphatic rings. The van der Waals surface area contributed by atoms with E-state index in [1.807, 2.05) is 13.1 Å². The molecule has 0 spiro atoms. The molecule has 1 aromatic rings. The fourth-order valence-corrected chi connectivity index (χ4v) is 1.80. The van der Waals surface area contributed by atoms with E-state index in [0.29, 0.717) is 6.54 Å². The quantitative estimate of drug-likeness (QED) is 0.725. The van der Waals surface area contributed by atoms with Crippen LogP contribution >= 0.6 is 11.3 Å². The van der Waals surface area contributed by atoms with Crippen LogP contribution in [0.5, 0.6) is 0 Å². The van der Waals surface area contributed by atoms with Gasteiger partial charge in [0, 0.05) is 38.4 Å². The summed E-state index contributed by atoms with van der Waals surface area (Å²) in [4.78, 5) is 5.47. The van der Waals surface area contributed by atoms with Crippen molar-refractivity contribution in [2.45, 2.75) is 19.8 Å². The van der Waals surface area contributed by atoms with Crippen molar-refractivity contribution < 1.29 is 9.47 Å². The smallest absolute Gasteiger partial charge is 0.169 e. The number of methoxy groups -OCH3 is 2. The molecule has 5 heteroatoms. The number of nitrogens with one attached hydrogen (secondary N) is 1. The van der Waals surface area contributed by atoms with Gasteiger partial charge in [-0.05, 0) is 6.92 Å². The van der Waals surface area contributed by atoms with Crippen molar-refractivity contribution >= 4 is 11.3 Å². The van der Waals surface area contributed by atoms with E-state index in [1.165, 1.54) is 4.88 Å². The average Bonchev–Trinajstić information content (AvgIpc) is 2.59. The van der Waals surface area contributed by atoms with Gasteiger partial charge >= 0.3 is 0 Å². The summed E-state index contributed by atoms with van der Waals surface area (Å²) in [6.07, 6.45) is 1.70. The van der Waals surface area contributed by atoms with Gasteiger partial charge in [0.1, 0.15) is 5.01 Å². The van der Waals surface area contributed by atoms with Crippen LogP contribution in [0.25, 0.3) is 0 Å². The molecule has 0 radical (unpaired) electrons. The Labute approximate surface area is 88.3 Å². The minimum Gasteiger partial charge on any atom is -0.355 e. The van der Waals surface area contributed by atoms with Gasteiger partial charge in [0.2, 0.25) is 0 Å². The first-order valence-corrected chi connectivity index (χ1v) is 5.25. The molecule has 4 nitrogen and oxygen atoms in total. The summed E-state index contributed by atoms with van der Waals surface area (Å²) < 4.78 is 10.1. The Morgan fingerprint density at radius 2 is 2.21 bits per heavy atom. The number of hydrogen-bond donors (Lipinski definition) is 1. The predicted octanol–water partition coefficient (Wildman–Crippen LogP) is 1.16. The summed E-state index contributed by atoms with van der Waals surface area (Å²) in [5.74, 6) is 0. The molecule has 0 aliphatic carbocycles. The van der Waals surface area contributed by atoms with Crippen molar-refractivity contribution in [1.82, 2.24) is 10.3 Å². The first-order chi connectivity index (χ1) is 6.76. The molecule has 0 saturated heterocycles. The number of rotatable bonds is 6. The Bertz CT molecular complexity index is 261. The van der Waals surface area contributed by atoms with E-state index >= 15 is 0 Å². The highest BCUT2D eigenvalue weighted by Crippen LogP contribution is 2.10. The number of nitrogens with zero attached hydrogens (tertiary/aromatic N) is 1. The minimum absolute atomic E-state index is 0.184. The van der Waals surface area contributed by atoms with Gasteiger partial charge in [-0.3, -0.25) is 0 Å². The fourth-order valence-electron chi connectivity index (χ4n) is 1.04. The van der Waals surface area contributed by atoms with Gasteiger partial charge in [-0.25, -0.2) is 4.98 Å². The van der Waals surface area contributed by atoms with Crippen LogP contribution in [0, 0.1) is 6.92 Å². The third-order valence-corrected chi connectivity index (χ3v) is 2.69. The largest absolute Gasteiger partial charge is 0.355 e.